The van der Waals surface area contributed by atoms with Crippen LogP contribution < -0.4 is 16.0 Å². The van der Waals surface area contributed by atoms with Crippen LogP contribution in [0.1, 0.15) is 24.9 Å². The van der Waals surface area contributed by atoms with E-state index in [1.165, 1.54) is 0 Å². The Bertz CT molecular complexity index is 347. The maximum Gasteiger partial charge on any atom is 0.125 e. The molecule has 0 heterocycles. The van der Waals surface area contributed by atoms with Gasteiger partial charge in [0.1, 0.15) is 5.75 Å². The number of nitrogens with one attached hydrogen (secondary N) is 1. The summed E-state index contributed by atoms with van der Waals surface area (Å²) in [5, 5.41) is 0.635. The third-order valence-electron chi connectivity index (χ3n) is 2.41. The lowest BCUT2D eigenvalue weighted by atomic mass is 10.1. The van der Waals surface area contributed by atoms with Crippen LogP contribution in [0.15, 0.2) is 18.2 Å². The number of benzene rings is 1. The minimum absolute atomic E-state index is 0.103. The lowest BCUT2D eigenvalue weighted by Gasteiger charge is -2.19. The molecule has 0 aliphatic rings. The van der Waals surface area contributed by atoms with Gasteiger partial charge in [-0.25, -0.2) is 0 Å². The van der Waals surface area contributed by atoms with Gasteiger partial charge in [-0.2, -0.15) is 0 Å². The summed E-state index contributed by atoms with van der Waals surface area (Å²) in [6.45, 7) is 3.28. The van der Waals surface area contributed by atoms with Gasteiger partial charge in [0.15, 0.2) is 0 Å². The third kappa shape index (κ3) is 4.16. The summed E-state index contributed by atoms with van der Waals surface area (Å²) in [5.41, 5.74) is 3.66. The minimum Gasteiger partial charge on any atom is -0.496 e. The van der Waals surface area contributed by atoms with E-state index < -0.39 is 0 Å². The molecule has 0 saturated carbocycles. The molecule has 0 bridgehead atoms. The van der Waals surface area contributed by atoms with E-state index >= 15 is 0 Å². The van der Waals surface area contributed by atoms with Crippen LogP contribution in [0.25, 0.3) is 0 Å². The van der Waals surface area contributed by atoms with Gasteiger partial charge in [-0.1, -0.05) is 24.6 Å². The molecule has 0 fully saturated rings. The van der Waals surface area contributed by atoms with E-state index in [4.69, 9.17) is 26.9 Å². The molecule has 3 N–H and O–H groups in total. The standard InChI is InChI=1S/C12H19ClN2O2/c1-3-6-17-8-11(15-14)10-5-4-9(13)7-12(10)16-2/h4-5,7,11,15H,3,6,8,14H2,1-2H3. The number of ether oxygens (including phenoxy) is 2. The quantitative estimate of drug-likeness (QED) is 0.448. The molecule has 0 saturated heterocycles. The van der Waals surface area contributed by atoms with Gasteiger partial charge in [-0.15, -0.1) is 0 Å². The van der Waals surface area contributed by atoms with Gasteiger partial charge >= 0.3 is 0 Å². The summed E-state index contributed by atoms with van der Waals surface area (Å²) >= 11 is 5.91. The second-order valence-corrected chi connectivity index (χ2v) is 4.12. The van der Waals surface area contributed by atoms with Crippen molar-refractivity contribution in [1.29, 1.82) is 0 Å². The van der Waals surface area contributed by atoms with E-state index in [2.05, 4.69) is 12.3 Å². The summed E-state index contributed by atoms with van der Waals surface area (Å²) in [4.78, 5) is 0. The maximum absolute atomic E-state index is 5.91. The molecule has 0 amide bonds. The van der Waals surface area contributed by atoms with E-state index in [0.717, 1.165) is 12.0 Å². The zero-order valence-corrected chi connectivity index (χ0v) is 11.0. The Hall–Kier alpha value is -0.810. The highest BCUT2D eigenvalue weighted by Gasteiger charge is 2.15. The van der Waals surface area contributed by atoms with Crippen molar-refractivity contribution < 1.29 is 9.47 Å². The van der Waals surface area contributed by atoms with E-state index in [0.29, 0.717) is 24.0 Å². The van der Waals surface area contributed by atoms with Crippen LogP contribution >= 0.6 is 11.6 Å². The molecule has 1 aromatic rings. The summed E-state index contributed by atoms with van der Waals surface area (Å²) in [7, 11) is 1.61. The van der Waals surface area contributed by atoms with Crippen molar-refractivity contribution in [1.82, 2.24) is 5.43 Å². The fraction of sp³-hybridized carbons (Fsp3) is 0.500. The average molecular weight is 259 g/mol. The Labute approximate surface area is 107 Å². The van der Waals surface area contributed by atoms with Crippen LogP contribution in [0.4, 0.5) is 0 Å². The molecule has 1 aromatic carbocycles. The fourth-order valence-corrected chi connectivity index (χ4v) is 1.71. The van der Waals surface area contributed by atoms with Crippen molar-refractivity contribution in [3.63, 3.8) is 0 Å². The first-order chi connectivity index (χ1) is 8.22. The molecule has 17 heavy (non-hydrogen) atoms. The van der Waals surface area contributed by atoms with E-state index in [9.17, 15) is 0 Å². The Morgan fingerprint density at radius 1 is 1.47 bits per heavy atom. The van der Waals surface area contributed by atoms with Crippen LogP contribution in [0.5, 0.6) is 5.75 Å². The molecule has 1 unspecified atom stereocenters. The monoisotopic (exact) mass is 258 g/mol. The molecular formula is C12H19ClN2O2. The van der Waals surface area contributed by atoms with E-state index in [1.807, 2.05) is 12.1 Å². The molecule has 96 valence electrons. The van der Waals surface area contributed by atoms with Gasteiger partial charge in [-0.05, 0) is 18.6 Å². The number of rotatable bonds is 7. The number of hydrogen-bond donors (Lipinski definition) is 2. The topological polar surface area (TPSA) is 56.5 Å². The predicted octanol–water partition coefficient (Wildman–Crippen LogP) is 2.28. The van der Waals surface area contributed by atoms with Crippen molar-refractivity contribution in [3.8, 4) is 5.75 Å². The SMILES string of the molecule is CCCOCC(NN)c1ccc(Cl)cc1OC. The molecule has 5 heteroatoms. The minimum atomic E-state index is -0.103. The van der Waals surface area contributed by atoms with E-state index in [1.54, 1.807) is 13.2 Å². The lowest BCUT2D eigenvalue weighted by Crippen LogP contribution is -2.31. The van der Waals surface area contributed by atoms with Crippen LogP contribution in [0, 0.1) is 0 Å². The number of hydrogen-bond acceptors (Lipinski definition) is 4. The van der Waals surface area contributed by atoms with Gasteiger partial charge in [0, 0.05) is 17.2 Å². The lowest BCUT2D eigenvalue weighted by molar-refractivity contribution is 0.111. The molecule has 0 radical (unpaired) electrons. The van der Waals surface area contributed by atoms with Gasteiger partial charge in [-0.3, -0.25) is 11.3 Å². The molecule has 1 rings (SSSR count). The number of halogens is 1. The molecule has 0 aliphatic heterocycles. The first kappa shape index (κ1) is 14.3. The third-order valence-corrected chi connectivity index (χ3v) is 2.64. The van der Waals surface area contributed by atoms with Crippen LogP contribution in [0.2, 0.25) is 5.02 Å². The smallest absolute Gasteiger partial charge is 0.125 e. The zero-order valence-electron chi connectivity index (χ0n) is 10.2. The Morgan fingerprint density at radius 3 is 2.82 bits per heavy atom. The number of methoxy groups -OCH3 is 1. The number of nitrogens with two attached hydrogens (primary N) is 1. The predicted molar refractivity (Wildman–Crippen MR) is 69.2 cm³/mol. The summed E-state index contributed by atoms with van der Waals surface area (Å²) in [6.07, 6.45) is 0.981. The first-order valence-corrected chi connectivity index (χ1v) is 5.98. The molecule has 0 aromatic heterocycles. The largest absolute Gasteiger partial charge is 0.496 e. The fourth-order valence-electron chi connectivity index (χ4n) is 1.55. The first-order valence-electron chi connectivity index (χ1n) is 5.60. The molecule has 0 spiro atoms. The highest BCUT2D eigenvalue weighted by atomic mass is 35.5. The highest BCUT2D eigenvalue weighted by Crippen LogP contribution is 2.28. The van der Waals surface area contributed by atoms with Crippen molar-refractivity contribution in [3.05, 3.63) is 28.8 Å². The highest BCUT2D eigenvalue weighted by molar-refractivity contribution is 6.30. The Balaban J connectivity index is 2.79. The summed E-state index contributed by atoms with van der Waals surface area (Å²) < 4.78 is 10.8. The second-order valence-electron chi connectivity index (χ2n) is 3.68. The average Bonchev–Trinajstić information content (AvgIpc) is 2.35. The van der Waals surface area contributed by atoms with Crippen molar-refractivity contribution in [2.24, 2.45) is 5.84 Å². The Kier molecular flexibility index (Phi) is 6.29. The summed E-state index contributed by atoms with van der Waals surface area (Å²) in [6, 6.07) is 5.36. The van der Waals surface area contributed by atoms with Gasteiger partial charge in [0.2, 0.25) is 0 Å². The van der Waals surface area contributed by atoms with Crippen LogP contribution in [0.3, 0.4) is 0 Å². The Morgan fingerprint density at radius 2 is 2.24 bits per heavy atom. The van der Waals surface area contributed by atoms with Crippen LogP contribution in [-0.2, 0) is 4.74 Å². The van der Waals surface area contributed by atoms with Crippen molar-refractivity contribution in [2.45, 2.75) is 19.4 Å². The zero-order chi connectivity index (χ0) is 12.7. The summed E-state index contributed by atoms with van der Waals surface area (Å²) in [5.74, 6) is 6.24. The van der Waals surface area contributed by atoms with Crippen molar-refractivity contribution in [2.75, 3.05) is 20.3 Å². The van der Waals surface area contributed by atoms with Crippen LogP contribution in [-0.4, -0.2) is 20.3 Å². The molecule has 1 atom stereocenters. The second kappa shape index (κ2) is 7.50. The maximum atomic E-state index is 5.91. The van der Waals surface area contributed by atoms with E-state index in [-0.39, 0.29) is 6.04 Å². The van der Waals surface area contributed by atoms with Crippen molar-refractivity contribution >= 4 is 11.6 Å². The molecule has 4 nitrogen and oxygen atoms in total. The van der Waals surface area contributed by atoms with Gasteiger partial charge in [0.05, 0.1) is 19.8 Å². The van der Waals surface area contributed by atoms with Gasteiger partial charge < -0.3 is 9.47 Å². The molecule has 0 aliphatic carbocycles. The normalized spacial score (nSPS) is 12.5. The molecular weight excluding hydrogens is 240 g/mol. The van der Waals surface area contributed by atoms with Gasteiger partial charge in [0.25, 0.3) is 0 Å². The number of hydrazine groups is 1.